The maximum absolute atomic E-state index is 10.4. The summed E-state index contributed by atoms with van der Waals surface area (Å²) >= 11 is 1.46. The number of aliphatic hydroxyl groups excluding tert-OH is 1. The van der Waals surface area contributed by atoms with E-state index >= 15 is 0 Å². The molecule has 4 aromatic rings. The first kappa shape index (κ1) is 20.5. The molecule has 6 nitrogen and oxygen atoms in total. The molecule has 1 N–H and O–H groups in total. The van der Waals surface area contributed by atoms with E-state index < -0.39 is 6.10 Å². The Morgan fingerprint density at radius 1 is 1.03 bits per heavy atom. The number of aryl methyl sites for hydroxylation is 3. The van der Waals surface area contributed by atoms with Gasteiger partial charge in [-0.15, -0.1) is 10.2 Å². The molecule has 2 aromatic carbocycles. The molecule has 2 heterocycles. The van der Waals surface area contributed by atoms with Gasteiger partial charge in [-0.2, -0.15) is 0 Å². The number of rotatable bonds is 7. The fraction of sp³-hybridized carbons (Fsp3) is 0.304. The molecular weight excluding hydrogens is 398 g/mol. The lowest BCUT2D eigenvalue weighted by molar-refractivity contribution is 0.126. The molecule has 1 unspecified atom stereocenters. The van der Waals surface area contributed by atoms with Crippen LogP contribution in [0.5, 0.6) is 11.5 Å². The van der Waals surface area contributed by atoms with Gasteiger partial charge >= 0.3 is 0 Å². The van der Waals surface area contributed by atoms with Gasteiger partial charge in [-0.25, -0.2) is 0 Å². The van der Waals surface area contributed by atoms with Gasteiger partial charge in [0.05, 0.1) is 18.7 Å². The highest BCUT2D eigenvalue weighted by Gasteiger charge is 2.15. The summed E-state index contributed by atoms with van der Waals surface area (Å²) in [5.41, 5.74) is 5.14. The normalized spacial score (nSPS) is 12.4. The largest absolute Gasteiger partial charge is 0.497 e. The summed E-state index contributed by atoms with van der Waals surface area (Å²) in [5.74, 6) is 2.03. The minimum atomic E-state index is -0.630. The highest BCUT2D eigenvalue weighted by molar-refractivity contribution is 7.99. The van der Waals surface area contributed by atoms with E-state index in [9.17, 15) is 5.11 Å². The molecule has 0 amide bonds. The van der Waals surface area contributed by atoms with Gasteiger partial charge in [0.1, 0.15) is 18.1 Å². The first-order chi connectivity index (χ1) is 14.5. The second kappa shape index (κ2) is 8.53. The van der Waals surface area contributed by atoms with Crippen LogP contribution in [0.15, 0.2) is 47.6 Å². The maximum Gasteiger partial charge on any atom is 0.196 e. The Bertz CT molecular complexity index is 1210. The third-order valence-corrected chi connectivity index (χ3v) is 6.11. The van der Waals surface area contributed by atoms with Gasteiger partial charge in [-0.05, 0) is 56.2 Å². The van der Waals surface area contributed by atoms with E-state index in [1.54, 1.807) is 7.11 Å². The molecule has 30 heavy (non-hydrogen) atoms. The first-order valence-electron chi connectivity index (χ1n) is 9.79. The Kier molecular flexibility index (Phi) is 5.83. The number of fused-ring (bicyclic) bond motifs is 3. The number of benzene rings is 2. The van der Waals surface area contributed by atoms with Crippen LogP contribution in [0.25, 0.3) is 16.6 Å². The lowest BCUT2D eigenvalue weighted by Gasteiger charge is -2.14. The van der Waals surface area contributed by atoms with Crippen LogP contribution in [0.3, 0.4) is 0 Å². The Balaban J connectivity index is 1.51. The van der Waals surface area contributed by atoms with E-state index in [4.69, 9.17) is 9.47 Å². The summed E-state index contributed by atoms with van der Waals surface area (Å²) in [5, 5.41) is 20.9. The van der Waals surface area contributed by atoms with Gasteiger partial charge in [0.15, 0.2) is 10.8 Å². The number of aromatic nitrogens is 3. The zero-order valence-electron chi connectivity index (χ0n) is 17.5. The number of nitrogens with zero attached hydrogens (tertiary/aromatic N) is 3. The van der Waals surface area contributed by atoms with Crippen molar-refractivity contribution in [1.29, 1.82) is 0 Å². The number of hydrogen-bond acceptors (Lipinski definition) is 6. The number of ether oxygens (including phenoxy) is 2. The number of aliphatic hydroxyl groups is 1. The van der Waals surface area contributed by atoms with Crippen LogP contribution in [0, 0.1) is 20.8 Å². The van der Waals surface area contributed by atoms with Crippen LogP contribution >= 0.6 is 11.8 Å². The molecule has 0 aliphatic heterocycles. The van der Waals surface area contributed by atoms with Crippen molar-refractivity contribution in [2.24, 2.45) is 0 Å². The monoisotopic (exact) mass is 423 g/mol. The van der Waals surface area contributed by atoms with Crippen molar-refractivity contribution in [2.75, 3.05) is 19.5 Å². The molecule has 0 radical (unpaired) electrons. The molecule has 0 fully saturated rings. The number of pyridine rings is 1. The predicted octanol–water partition coefficient (Wildman–Crippen LogP) is 4.35. The maximum atomic E-state index is 10.4. The molecule has 0 saturated heterocycles. The van der Waals surface area contributed by atoms with Gasteiger partial charge in [-0.3, -0.25) is 4.40 Å². The second-order valence-electron chi connectivity index (χ2n) is 7.43. The van der Waals surface area contributed by atoms with E-state index in [-0.39, 0.29) is 6.61 Å². The summed E-state index contributed by atoms with van der Waals surface area (Å²) in [6, 6.07) is 14.0. The van der Waals surface area contributed by atoms with Gasteiger partial charge in [-0.1, -0.05) is 29.5 Å². The second-order valence-corrected chi connectivity index (χ2v) is 8.42. The third kappa shape index (κ3) is 4.08. The molecule has 0 spiro atoms. The van der Waals surface area contributed by atoms with Crippen molar-refractivity contribution in [3.63, 3.8) is 0 Å². The Morgan fingerprint density at radius 2 is 1.87 bits per heavy atom. The van der Waals surface area contributed by atoms with Gasteiger partial charge in [0, 0.05) is 17.2 Å². The molecule has 2 aromatic heterocycles. The van der Waals surface area contributed by atoms with E-state index in [1.165, 1.54) is 17.3 Å². The summed E-state index contributed by atoms with van der Waals surface area (Å²) < 4.78 is 13.2. The summed E-state index contributed by atoms with van der Waals surface area (Å²) in [7, 11) is 1.65. The summed E-state index contributed by atoms with van der Waals surface area (Å²) in [6.07, 6.45) is -0.630. The SMILES string of the molecule is COc1ccc2c(C)cc3nnc(SCC(O)COc4ccc(C)cc4C)n3c2c1. The van der Waals surface area contributed by atoms with Crippen LogP contribution in [0.2, 0.25) is 0 Å². The van der Waals surface area contributed by atoms with Crippen molar-refractivity contribution in [3.05, 3.63) is 59.2 Å². The fourth-order valence-corrected chi connectivity index (χ4v) is 4.35. The highest BCUT2D eigenvalue weighted by atomic mass is 32.2. The zero-order valence-corrected chi connectivity index (χ0v) is 18.4. The lowest BCUT2D eigenvalue weighted by Crippen LogP contribution is -2.20. The minimum absolute atomic E-state index is 0.224. The molecule has 0 bridgehead atoms. The third-order valence-electron chi connectivity index (χ3n) is 5.04. The average molecular weight is 424 g/mol. The topological polar surface area (TPSA) is 68.9 Å². The van der Waals surface area contributed by atoms with Crippen molar-refractivity contribution in [1.82, 2.24) is 14.6 Å². The average Bonchev–Trinajstić information content (AvgIpc) is 3.14. The zero-order chi connectivity index (χ0) is 21.3. The Hall–Kier alpha value is -2.77. The van der Waals surface area contributed by atoms with Crippen LogP contribution in [-0.2, 0) is 0 Å². The molecule has 0 aliphatic carbocycles. The Morgan fingerprint density at radius 3 is 2.63 bits per heavy atom. The van der Waals surface area contributed by atoms with E-state index in [2.05, 4.69) is 23.2 Å². The van der Waals surface area contributed by atoms with Crippen LogP contribution in [0.1, 0.15) is 16.7 Å². The fourth-order valence-electron chi connectivity index (χ4n) is 3.49. The van der Waals surface area contributed by atoms with Crippen LogP contribution in [0.4, 0.5) is 0 Å². The minimum Gasteiger partial charge on any atom is -0.497 e. The van der Waals surface area contributed by atoms with Crippen molar-refractivity contribution >= 4 is 28.3 Å². The molecule has 0 saturated carbocycles. The molecule has 7 heteroatoms. The predicted molar refractivity (Wildman–Crippen MR) is 120 cm³/mol. The highest BCUT2D eigenvalue weighted by Crippen LogP contribution is 2.29. The smallest absolute Gasteiger partial charge is 0.196 e. The molecule has 156 valence electrons. The molecule has 1 atom stereocenters. The van der Waals surface area contributed by atoms with Crippen molar-refractivity contribution in [2.45, 2.75) is 32.0 Å². The van der Waals surface area contributed by atoms with Gasteiger partial charge < -0.3 is 14.6 Å². The molecular formula is C23H25N3O3S. The summed E-state index contributed by atoms with van der Waals surface area (Å²) in [6.45, 7) is 6.34. The van der Waals surface area contributed by atoms with Crippen LogP contribution in [-0.4, -0.2) is 45.3 Å². The van der Waals surface area contributed by atoms with Crippen LogP contribution < -0.4 is 9.47 Å². The van der Waals surface area contributed by atoms with E-state index in [0.29, 0.717) is 5.75 Å². The molecule has 4 rings (SSSR count). The van der Waals surface area contributed by atoms with Gasteiger partial charge in [0.2, 0.25) is 0 Å². The first-order valence-corrected chi connectivity index (χ1v) is 10.8. The van der Waals surface area contributed by atoms with E-state index in [0.717, 1.165) is 44.3 Å². The van der Waals surface area contributed by atoms with E-state index in [1.807, 2.05) is 54.6 Å². The number of hydrogen-bond donors (Lipinski definition) is 1. The molecule has 0 aliphatic rings. The quantitative estimate of drug-likeness (QED) is 0.446. The lowest BCUT2D eigenvalue weighted by atomic mass is 10.1. The van der Waals surface area contributed by atoms with Crippen molar-refractivity contribution in [3.8, 4) is 11.5 Å². The Labute approximate surface area is 179 Å². The number of thioether (sulfide) groups is 1. The number of methoxy groups -OCH3 is 1. The van der Waals surface area contributed by atoms with Crippen molar-refractivity contribution < 1.29 is 14.6 Å². The summed E-state index contributed by atoms with van der Waals surface area (Å²) in [4.78, 5) is 0. The van der Waals surface area contributed by atoms with Gasteiger partial charge in [0.25, 0.3) is 0 Å². The standard InChI is InChI=1S/C23H25N3O3S/c1-14-5-8-21(16(3)9-14)29-12-17(27)13-30-23-25-24-22-10-15(2)19-7-6-18(28-4)11-20(19)26(22)23/h5-11,17,27H,12-13H2,1-4H3.